The maximum absolute atomic E-state index is 12.9. The number of ether oxygens (including phenoxy) is 1. The van der Waals surface area contributed by atoms with Gasteiger partial charge in [0.1, 0.15) is 0 Å². The fraction of sp³-hybridized carbons (Fsp3) is 0.240. The van der Waals surface area contributed by atoms with Crippen LogP contribution in [0.25, 0.3) is 0 Å². The molecule has 33 heavy (non-hydrogen) atoms. The lowest BCUT2D eigenvalue weighted by Gasteiger charge is -2.28. The van der Waals surface area contributed by atoms with Crippen molar-refractivity contribution < 1.29 is 17.9 Å². The molecule has 0 aliphatic carbocycles. The first-order valence-electron chi connectivity index (χ1n) is 10.7. The van der Waals surface area contributed by atoms with Crippen LogP contribution in [0.3, 0.4) is 0 Å². The van der Waals surface area contributed by atoms with Gasteiger partial charge in [-0.1, -0.05) is 17.7 Å². The van der Waals surface area contributed by atoms with E-state index in [4.69, 9.17) is 4.74 Å². The average molecular weight is 466 g/mol. The molecule has 0 bridgehead atoms. The van der Waals surface area contributed by atoms with Crippen LogP contribution in [0.4, 0.5) is 17.1 Å². The van der Waals surface area contributed by atoms with Gasteiger partial charge in [-0.05, 0) is 67.6 Å². The quantitative estimate of drug-likeness (QED) is 0.597. The Morgan fingerprint density at radius 3 is 2.12 bits per heavy atom. The summed E-state index contributed by atoms with van der Waals surface area (Å²) in [6.45, 7) is 5.05. The molecule has 172 valence electrons. The number of hydrogen-bond acceptors (Lipinski definition) is 5. The van der Waals surface area contributed by atoms with Gasteiger partial charge in [-0.25, -0.2) is 8.42 Å². The number of anilines is 3. The van der Waals surface area contributed by atoms with E-state index in [1.165, 1.54) is 11.4 Å². The van der Waals surface area contributed by atoms with E-state index in [2.05, 4.69) is 10.2 Å². The maximum Gasteiger partial charge on any atom is 0.264 e. The van der Waals surface area contributed by atoms with Crippen LogP contribution in [-0.4, -0.2) is 47.7 Å². The summed E-state index contributed by atoms with van der Waals surface area (Å²) >= 11 is 0. The van der Waals surface area contributed by atoms with Crippen molar-refractivity contribution in [1.29, 1.82) is 0 Å². The van der Waals surface area contributed by atoms with Crippen LogP contribution in [0, 0.1) is 6.92 Å². The standard InChI is InChI=1S/C25H27N3O4S/c1-19-3-13-24(14-4-19)33(30,31)27(2)22-9-5-20(6-10-22)25(29)26-21-7-11-23(12-8-21)28-15-17-32-18-16-28/h3-14H,15-18H2,1-2H3,(H,26,29). The number of morpholine rings is 1. The molecular weight excluding hydrogens is 438 g/mol. The van der Waals surface area contributed by atoms with Crippen LogP contribution >= 0.6 is 0 Å². The van der Waals surface area contributed by atoms with Crippen molar-refractivity contribution in [2.24, 2.45) is 0 Å². The Morgan fingerprint density at radius 1 is 0.909 bits per heavy atom. The Hall–Kier alpha value is -3.36. The summed E-state index contributed by atoms with van der Waals surface area (Å²) in [4.78, 5) is 15.1. The zero-order valence-electron chi connectivity index (χ0n) is 18.7. The Balaban J connectivity index is 1.42. The van der Waals surface area contributed by atoms with E-state index < -0.39 is 10.0 Å². The number of hydrogen-bond donors (Lipinski definition) is 1. The number of rotatable bonds is 6. The molecule has 0 aromatic heterocycles. The number of amides is 1. The van der Waals surface area contributed by atoms with E-state index in [1.54, 1.807) is 48.5 Å². The van der Waals surface area contributed by atoms with E-state index >= 15 is 0 Å². The summed E-state index contributed by atoms with van der Waals surface area (Å²) in [6, 6.07) is 20.9. The molecular formula is C25H27N3O4S. The number of carbonyl (C=O) groups is 1. The van der Waals surface area contributed by atoms with E-state index in [1.807, 2.05) is 31.2 Å². The third-order valence-corrected chi connectivity index (χ3v) is 7.47. The van der Waals surface area contributed by atoms with E-state index in [-0.39, 0.29) is 10.8 Å². The van der Waals surface area contributed by atoms with Crippen molar-refractivity contribution in [2.45, 2.75) is 11.8 Å². The van der Waals surface area contributed by atoms with Crippen molar-refractivity contribution in [2.75, 3.05) is 47.9 Å². The summed E-state index contributed by atoms with van der Waals surface area (Å²) in [6.07, 6.45) is 0. The fourth-order valence-corrected chi connectivity index (χ4v) is 4.81. The second-order valence-electron chi connectivity index (χ2n) is 7.93. The molecule has 0 radical (unpaired) electrons. The zero-order chi connectivity index (χ0) is 23.4. The minimum Gasteiger partial charge on any atom is -0.378 e. The number of benzene rings is 3. The Labute approximate surface area is 194 Å². The van der Waals surface area contributed by atoms with Gasteiger partial charge in [0, 0.05) is 37.1 Å². The largest absolute Gasteiger partial charge is 0.378 e. The Bertz CT molecular complexity index is 1200. The van der Waals surface area contributed by atoms with E-state index in [0.29, 0.717) is 16.9 Å². The number of sulfonamides is 1. The molecule has 1 fully saturated rings. The van der Waals surface area contributed by atoms with Gasteiger partial charge in [-0.2, -0.15) is 0 Å². The summed E-state index contributed by atoms with van der Waals surface area (Å²) in [5.74, 6) is -0.260. The third kappa shape index (κ3) is 5.18. The fourth-order valence-electron chi connectivity index (χ4n) is 3.61. The molecule has 0 spiro atoms. The monoisotopic (exact) mass is 465 g/mol. The van der Waals surface area contributed by atoms with Crippen molar-refractivity contribution in [1.82, 2.24) is 0 Å². The predicted octanol–water partition coefficient (Wildman–Crippen LogP) is 3.91. The van der Waals surface area contributed by atoms with Crippen LogP contribution in [0.1, 0.15) is 15.9 Å². The van der Waals surface area contributed by atoms with Crippen LogP contribution < -0.4 is 14.5 Å². The van der Waals surface area contributed by atoms with Gasteiger partial charge in [0.05, 0.1) is 23.8 Å². The SMILES string of the molecule is Cc1ccc(S(=O)(=O)N(C)c2ccc(C(=O)Nc3ccc(N4CCOCC4)cc3)cc2)cc1. The molecule has 0 saturated carbocycles. The van der Waals surface area contributed by atoms with E-state index in [9.17, 15) is 13.2 Å². The summed E-state index contributed by atoms with van der Waals surface area (Å²) < 4.78 is 32.4. The van der Waals surface area contributed by atoms with Gasteiger partial charge in [0.25, 0.3) is 15.9 Å². The topological polar surface area (TPSA) is 79.0 Å². The van der Waals surface area contributed by atoms with Crippen molar-refractivity contribution in [3.63, 3.8) is 0 Å². The van der Waals surface area contributed by atoms with Gasteiger partial charge >= 0.3 is 0 Å². The second-order valence-corrected chi connectivity index (χ2v) is 9.90. The lowest BCUT2D eigenvalue weighted by atomic mass is 10.2. The third-order valence-electron chi connectivity index (χ3n) is 5.67. The number of nitrogens with one attached hydrogen (secondary N) is 1. The smallest absolute Gasteiger partial charge is 0.264 e. The first-order valence-corrected chi connectivity index (χ1v) is 12.2. The molecule has 0 atom stereocenters. The Kier molecular flexibility index (Phi) is 6.67. The van der Waals surface area contributed by atoms with Gasteiger partial charge < -0.3 is 15.0 Å². The molecule has 1 amide bonds. The Morgan fingerprint density at radius 2 is 1.52 bits per heavy atom. The van der Waals surface area contributed by atoms with Crippen LogP contribution in [0.5, 0.6) is 0 Å². The number of nitrogens with zero attached hydrogens (tertiary/aromatic N) is 2. The zero-order valence-corrected chi connectivity index (χ0v) is 19.5. The molecule has 0 unspecified atom stereocenters. The van der Waals surface area contributed by atoms with Gasteiger partial charge in [-0.3, -0.25) is 9.10 Å². The summed E-state index contributed by atoms with van der Waals surface area (Å²) in [5, 5.41) is 2.88. The highest BCUT2D eigenvalue weighted by molar-refractivity contribution is 7.92. The molecule has 1 N–H and O–H groups in total. The average Bonchev–Trinajstić information content (AvgIpc) is 2.85. The molecule has 3 aromatic rings. The highest BCUT2D eigenvalue weighted by atomic mass is 32.2. The van der Waals surface area contributed by atoms with Gasteiger partial charge in [-0.15, -0.1) is 0 Å². The van der Waals surface area contributed by atoms with Crippen LogP contribution in [-0.2, 0) is 14.8 Å². The second kappa shape index (κ2) is 9.64. The summed E-state index contributed by atoms with van der Waals surface area (Å²) in [5.41, 5.74) is 3.69. The van der Waals surface area contributed by atoms with Crippen LogP contribution in [0.2, 0.25) is 0 Å². The minimum absolute atomic E-state index is 0.220. The maximum atomic E-state index is 12.9. The first kappa shape index (κ1) is 22.8. The minimum atomic E-state index is -3.68. The van der Waals surface area contributed by atoms with Gasteiger partial charge in [0.15, 0.2) is 0 Å². The lowest BCUT2D eigenvalue weighted by Crippen LogP contribution is -2.36. The molecule has 3 aromatic carbocycles. The highest BCUT2D eigenvalue weighted by Gasteiger charge is 2.21. The first-order chi connectivity index (χ1) is 15.8. The summed E-state index contributed by atoms with van der Waals surface area (Å²) in [7, 11) is -2.18. The van der Waals surface area contributed by atoms with E-state index in [0.717, 1.165) is 37.6 Å². The molecule has 1 saturated heterocycles. The number of carbonyl (C=O) groups excluding carboxylic acids is 1. The molecule has 4 rings (SSSR count). The molecule has 7 nitrogen and oxygen atoms in total. The predicted molar refractivity (Wildman–Crippen MR) is 131 cm³/mol. The lowest BCUT2D eigenvalue weighted by molar-refractivity contribution is 0.102. The van der Waals surface area contributed by atoms with Crippen molar-refractivity contribution in [3.05, 3.63) is 83.9 Å². The molecule has 1 aliphatic heterocycles. The van der Waals surface area contributed by atoms with Gasteiger partial charge in [0.2, 0.25) is 0 Å². The van der Waals surface area contributed by atoms with Crippen LogP contribution in [0.15, 0.2) is 77.7 Å². The number of aryl methyl sites for hydroxylation is 1. The highest BCUT2D eigenvalue weighted by Crippen LogP contribution is 2.24. The molecule has 8 heteroatoms. The molecule has 1 heterocycles. The normalized spacial score (nSPS) is 14.1. The molecule has 1 aliphatic rings. The van der Waals surface area contributed by atoms with Crippen molar-refractivity contribution in [3.8, 4) is 0 Å². The van der Waals surface area contributed by atoms with Crippen molar-refractivity contribution >= 4 is 33.0 Å².